The van der Waals surface area contributed by atoms with E-state index in [0.29, 0.717) is 0 Å². The number of hydrogen-bond acceptors (Lipinski definition) is 3. The first kappa shape index (κ1) is 14.3. The maximum atomic E-state index is 5.84. The van der Waals surface area contributed by atoms with E-state index in [1.165, 1.54) is 0 Å². The zero-order valence-electron chi connectivity index (χ0n) is 11.2. The van der Waals surface area contributed by atoms with E-state index < -0.39 is 0 Å². The van der Waals surface area contributed by atoms with Gasteiger partial charge in [0.15, 0.2) is 0 Å². The lowest BCUT2D eigenvalue weighted by molar-refractivity contribution is 0.0221. The van der Waals surface area contributed by atoms with Gasteiger partial charge < -0.3 is 14.5 Å². The van der Waals surface area contributed by atoms with Gasteiger partial charge in [0, 0.05) is 6.61 Å². The normalized spacial score (nSPS) is 14.8. The fourth-order valence-electron chi connectivity index (χ4n) is 2.03. The molecular formula is C14H25NO2. The van der Waals surface area contributed by atoms with Gasteiger partial charge in [-0.2, -0.15) is 0 Å². The van der Waals surface area contributed by atoms with E-state index >= 15 is 0 Å². The van der Waals surface area contributed by atoms with Crippen molar-refractivity contribution < 1.29 is 9.15 Å². The van der Waals surface area contributed by atoms with Crippen LogP contribution in [0.4, 0.5) is 0 Å². The first-order chi connectivity index (χ1) is 8.33. The molecule has 0 spiro atoms. The molecule has 2 atom stereocenters. The summed E-state index contributed by atoms with van der Waals surface area (Å²) in [4.78, 5) is 0. The predicted molar refractivity (Wildman–Crippen MR) is 70.1 cm³/mol. The van der Waals surface area contributed by atoms with Gasteiger partial charge in [-0.3, -0.25) is 0 Å². The van der Waals surface area contributed by atoms with Gasteiger partial charge in [-0.1, -0.05) is 20.3 Å². The maximum Gasteiger partial charge on any atom is 0.123 e. The molecule has 1 rings (SSSR count). The molecule has 3 heteroatoms. The molecule has 0 saturated carbocycles. The van der Waals surface area contributed by atoms with Crippen LogP contribution in [0.3, 0.4) is 0 Å². The summed E-state index contributed by atoms with van der Waals surface area (Å²) < 4.78 is 11.4. The summed E-state index contributed by atoms with van der Waals surface area (Å²) in [5.74, 6) is 0.977. The molecule has 0 aliphatic heterocycles. The van der Waals surface area contributed by atoms with Gasteiger partial charge in [-0.25, -0.2) is 0 Å². The molecule has 1 aromatic heterocycles. The van der Waals surface area contributed by atoms with Crippen molar-refractivity contribution in [2.45, 2.75) is 52.2 Å². The Bertz CT molecular complexity index is 266. The molecule has 0 amide bonds. The van der Waals surface area contributed by atoms with Gasteiger partial charge in [0.05, 0.1) is 18.4 Å². The number of rotatable bonds is 9. The highest BCUT2D eigenvalue weighted by molar-refractivity contribution is 5.06. The van der Waals surface area contributed by atoms with Crippen molar-refractivity contribution in [3.8, 4) is 0 Å². The Hall–Kier alpha value is -0.800. The lowest BCUT2D eigenvalue weighted by atomic mass is 10.0. The van der Waals surface area contributed by atoms with Gasteiger partial charge in [-0.15, -0.1) is 0 Å². The lowest BCUT2D eigenvalue weighted by Crippen LogP contribution is -2.34. The Morgan fingerprint density at radius 3 is 2.65 bits per heavy atom. The molecule has 0 saturated heterocycles. The average molecular weight is 239 g/mol. The minimum Gasteiger partial charge on any atom is -0.468 e. The van der Waals surface area contributed by atoms with E-state index in [9.17, 15) is 0 Å². The molecule has 0 aliphatic carbocycles. The highest BCUT2D eigenvalue weighted by Gasteiger charge is 2.24. The van der Waals surface area contributed by atoms with Crippen molar-refractivity contribution in [2.75, 3.05) is 13.2 Å². The molecular weight excluding hydrogens is 214 g/mol. The SMILES string of the molecule is CCCNC(c1ccco1)C(CCC)OCC. The molecule has 0 aliphatic rings. The van der Waals surface area contributed by atoms with E-state index in [2.05, 4.69) is 19.2 Å². The Labute approximate surface area is 105 Å². The van der Waals surface area contributed by atoms with Crippen LogP contribution in [-0.4, -0.2) is 19.3 Å². The monoisotopic (exact) mass is 239 g/mol. The summed E-state index contributed by atoms with van der Waals surface area (Å²) >= 11 is 0. The van der Waals surface area contributed by atoms with Crippen LogP contribution in [-0.2, 0) is 4.74 Å². The Morgan fingerprint density at radius 2 is 2.12 bits per heavy atom. The summed E-state index contributed by atoms with van der Waals surface area (Å²) in [6.45, 7) is 8.13. The number of ether oxygens (including phenoxy) is 1. The second-order valence-corrected chi connectivity index (χ2v) is 4.23. The van der Waals surface area contributed by atoms with Crippen LogP contribution >= 0.6 is 0 Å². The maximum absolute atomic E-state index is 5.84. The molecule has 0 radical (unpaired) electrons. The Kier molecular flexibility index (Phi) is 6.97. The largest absolute Gasteiger partial charge is 0.468 e. The number of hydrogen-bond donors (Lipinski definition) is 1. The van der Waals surface area contributed by atoms with Crippen LogP contribution in [0.1, 0.15) is 51.8 Å². The molecule has 0 aromatic carbocycles. The van der Waals surface area contributed by atoms with Gasteiger partial charge >= 0.3 is 0 Å². The average Bonchev–Trinajstić information content (AvgIpc) is 2.84. The standard InChI is InChI=1S/C14H25NO2/c1-4-8-12(16-6-3)14(15-10-5-2)13-9-7-11-17-13/h7,9,11-12,14-15H,4-6,8,10H2,1-3H3. The van der Waals surface area contributed by atoms with E-state index in [4.69, 9.17) is 9.15 Å². The van der Waals surface area contributed by atoms with E-state index in [1.54, 1.807) is 6.26 Å². The van der Waals surface area contributed by atoms with Crippen molar-refractivity contribution in [3.63, 3.8) is 0 Å². The molecule has 98 valence electrons. The van der Waals surface area contributed by atoms with Gasteiger partial charge in [0.1, 0.15) is 5.76 Å². The smallest absolute Gasteiger partial charge is 0.123 e. The van der Waals surface area contributed by atoms with Crippen molar-refractivity contribution in [1.29, 1.82) is 0 Å². The van der Waals surface area contributed by atoms with Gasteiger partial charge in [-0.05, 0) is 38.4 Å². The van der Waals surface area contributed by atoms with Gasteiger partial charge in [0.2, 0.25) is 0 Å². The zero-order valence-corrected chi connectivity index (χ0v) is 11.2. The van der Waals surface area contributed by atoms with Crippen LogP contribution in [0, 0.1) is 0 Å². The van der Waals surface area contributed by atoms with Crippen molar-refractivity contribution >= 4 is 0 Å². The van der Waals surface area contributed by atoms with Crippen molar-refractivity contribution in [2.24, 2.45) is 0 Å². The van der Waals surface area contributed by atoms with E-state index in [0.717, 1.165) is 38.2 Å². The summed E-state index contributed by atoms with van der Waals surface area (Å²) in [5.41, 5.74) is 0. The molecule has 0 fully saturated rings. The third kappa shape index (κ3) is 4.52. The summed E-state index contributed by atoms with van der Waals surface area (Å²) in [5, 5.41) is 3.52. The number of nitrogens with one attached hydrogen (secondary N) is 1. The predicted octanol–water partition coefficient (Wildman–Crippen LogP) is 3.53. The van der Waals surface area contributed by atoms with Crippen LogP contribution in [0.2, 0.25) is 0 Å². The van der Waals surface area contributed by atoms with Crippen LogP contribution in [0.15, 0.2) is 22.8 Å². The zero-order chi connectivity index (χ0) is 12.5. The molecule has 0 bridgehead atoms. The van der Waals surface area contributed by atoms with Crippen LogP contribution < -0.4 is 5.32 Å². The highest BCUT2D eigenvalue weighted by atomic mass is 16.5. The first-order valence-corrected chi connectivity index (χ1v) is 6.71. The van der Waals surface area contributed by atoms with E-state index in [-0.39, 0.29) is 12.1 Å². The van der Waals surface area contributed by atoms with Gasteiger partial charge in [0.25, 0.3) is 0 Å². The molecule has 1 heterocycles. The second kappa shape index (κ2) is 8.31. The Balaban J connectivity index is 2.71. The van der Waals surface area contributed by atoms with Crippen LogP contribution in [0.25, 0.3) is 0 Å². The van der Waals surface area contributed by atoms with E-state index in [1.807, 2.05) is 19.1 Å². The second-order valence-electron chi connectivity index (χ2n) is 4.23. The minimum atomic E-state index is 0.171. The summed E-state index contributed by atoms with van der Waals surface area (Å²) in [6.07, 6.45) is 5.21. The Morgan fingerprint density at radius 1 is 1.29 bits per heavy atom. The third-order valence-corrected chi connectivity index (χ3v) is 2.79. The topological polar surface area (TPSA) is 34.4 Å². The fourth-order valence-corrected chi connectivity index (χ4v) is 2.03. The minimum absolute atomic E-state index is 0.171. The van der Waals surface area contributed by atoms with Crippen LogP contribution in [0.5, 0.6) is 0 Å². The fraction of sp³-hybridized carbons (Fsp3) is 0.714. The first-order valence-electron chi connectivity index (χ1n) is 6.71. The summed E-state index contributed by atoms with van der Waals surface area (Å²) in [7, 11) is 0. The van der Waals surface area contributed by atoms with Crippen molar-refractivity contribution in [1.82, 2.24) is 5.32 Å². The number of furan rings is 1. The molecule has 17 heavy (non-hydrogen) atoms. The molecule has 1 aromatic rings. The third-order valence-electron chi connectivity index (χ3n) is 2.79. The highest BCUT2D eigenvalue weighted by Crippen LogP contribution is 2.23. The molecule has 2 unspecified atom stereocenters. The summed E-state index contributed by atoms with van der Waals surface area (Å²) in [6, 6.07) is 4.13. The molecule has 3 nitrogen and oxygen atoms in total. The quantitative estimate of drug-likeness (QED) is 0.716. The molecule has 1 N–H and O–H groups in total. The lowest BCUT2D eigenvalue weighted by Gasteiger charge is -2.26. The van der Waals surface area contributed by atoms with Crippen molar-refractivity contribution in [3.05, 3.63) is 24.2 Å².